The molecular formula is C18H23N5O. The van der Waals surface area contributed by atoms with E-state index in [2.05, 4.69) is 24.8 Å². The lowest BCUT2D eigenvalue weighted by molar-refractivity contribution is -0.126. The van der Waals surface area contributed by atoms with Crippen LogP contribution in [0, 0.1) is 5.92 Å². The first-order valence-corrected chi connectivity index (χ1v) is 8.76. The van der Waals surface area contributed by atoms with Gasteiger partial charge in [-0.05, 0) is 31.4 Å². The topological polar surface area (TPSA) is 63.1 Å². The van der Waals surface area contributed by atoms with Crippen LogP contribution in [-0.4, -0.2) is 39.6 Å². The van der Waals surface area contributed by atoms with E-state index >= 15 is 0 Å². The van der Waals surface area contributed by atoms with Gasteiger partial charge in [0.25, 0.3) is 0 Å². The Balaban J connectivity index is 1.36. The Morgan fingerprint density at radius 2 is 2.12 bits per heavy atom. The van der Waals surface area contributed by atoms with E-state index < -0.39 is 0 Å². The van der Waals surface area contributed by atoms with Gasteiger partial charge >= 0.3 is 0 Å². The highest BCUT2D eigenvalue weighted by Crippen LogP contribution is 2.22. The van der Waals surface area contributed by atoms with E-state index in [1.807, 2.05) is 36.8 Å². The molecule has 0 saturated carbocycles. The normalized spacial score (nSPS) is 23.6. The van der Waals surface area contributed by atoms with Crippen LogP contribution in [0.15, 0.2) is 36.8 Å². The molecule has 0 aromatic carbocycles. The average Bonchev–Trinajstić information content (AvgIpc) is 3.10. The van der Waals surface area contributed by atoms with Crippen LogP contribution in [-0.2, 0) is 17.8 Å². The number of nitrogens with zero attached hydrogens (tertiary/aromatic N) is 4. The van der Waals surface area contributed by atoms with E-state index in [1.165, 1.54) is 0 Å². The van der Waals surface area contributed by atoms with Gasteiger partial charge in [0, 0.05) is 50.7 Å². The number of carbonyl (C=O) groups is 1. The van der Waals surface area contributed by atoms with E-state index in [0.717, 1.165) is 57.0 Å². The highest BCUT2D eigenvalue weighted by molar-refractivity contribution is 5.79. The Morgan fingerprint density at radius 3 is 3.00 bits per heavy atom. The number of rotatable bonds is 3. The predicted octanol–water partition coefficient (Wildman–Crippen LogP) is 1.63. The molecule has 2 aromatic rings. The highest BCUT2D eigenvalue weighted by atomic mass is 16.2. The Bertz CT molecular complexity index is 698. The number of anilines is 1. The van der Waals surface area contributed by atoms with Gasteiger partial charge in [-0.15, -0.1) is 0 Å². The van der Waals surface area contributed by atoms with Crippen molar-refractivity contribution in [3.05, 3.63) is 42.6 Å². The minimum atomic E-state index is 0.0462. The van der Waals surface area contributed by atoms with Crippen molar-refractivity contribution in [3.8, 4) is 0 Å². The van der Waals surface area contributed by atoms with Crippen LogP contribution in [0.5, 0.6) is 0 Å². The third-order valence-electron chi connectivity index (χ3n) is 5.05. The second-order valence-electron chi connectivity index (χ2n) is 6.71. The van der Waals surface area contributed by atoms with E-state index in [0.29, 0.717) is 0 Å². The van der Waals surface area contributed by atoms with Crippen molar-refractivity contribution in [2.45, 2.75) is 38.3 Å². The van der Waals surface area contributed by atoms with Gasteiger partial charge in [0.2, 0.25) is 5.91 Å². The maximum atomic E-state index is 12.7. The first-order valence-electron chi connectivity index (χ1n) is 8.76. The molecule has 24 heavy (non-hydrogen) atoms. The fourth-order valence-electron chi connectivity index (χ4n) is 3.74. The molecule has 6 nitrogen and oxygen atoms in total. The average molecular weight is 325 g/mol. The van der Waals surface area contributed by atoms with E-state index in [4.69, 9.17) is 0 Å². The van der Waals surface area contributed by atoms with Crippen molar-refractivity contribution in [2.75, 3.05) is 18.0 Å². The van der Waals surface area contributed by atoms with Crippen molar-refractivity contribution >= 4 is 11.7 Å². The monoisotopic (exact) mass is 325 g/mol. The number of fused-ring (bicyclic) bond motifs is 1. The van der Waals surface area contributed by atoms with Gasteiger partial charge in [-0.1, -0.05) is 6.07 Å². The number of imidazole rings is 1. The van der Waals surface area contributed by atoms with Gasteiger partial charge < -0.3 is 14.8 Å². The molecule has 2 aliphatic heterocycles. The predicted molar refractivity (Wildman–Crippen MR) is 91.7 cm³/mol. The molecule has 0 spiro atoms. The molecule has 0 radical (unpaired) electrons. The van der Waals surface area contributed by atoms with E-state index in [-0.39, 0.29) is 17.9 Å². The van der Waals surface area contributed by atoms with Gasteiger partial charge in [-0.2, -0.15) is 0 Å². The fourth-order valence-corrected chi connectivity index (χ4v) is 3.74. The largest absolute Gasteiger partial charge is 0.356 e. The number of aromatic nitrogens is 3. The summed E-state index contributed by atoms with van der Waals surface area (Å²) in [4.78, 5) is 23.7. The van der Waals surface area contributed by atoms with Crippen LogP contribution >= 0.6 is 0 Å². The van der Waals surface area contributed by atoms with Crippen LogP contribution < -0.4 is 10.2 Å². The lowest BCUT2D eigenvalue weighted by Gasteiger charge is -2.34. The number of piperidine rings is 1. The SMILES string of the molecule is O=C(N[C@@H]1CCc2nccn2C1)[C@@H]1CCCN(c2ccccn2)C1. The molecule has 126 valence electrons. The van der Waals surface area contributed by atoms with Crippen LogP contribution in [0.25, 0.3) is 0 Å². The summed E-state index contributed by atoms with van der Waals surface area (Å²) in [6, 6.07) is 6.15. The standard InChI is InChI=1S/C18H23N5O/c24-18(21-15-6-7-17-20-9-11-23(17)13-15)14-4-3-10-22(12-14)16-5-1-2-8-19-16/h1-2,5,8-9,11,14-15H,3-4,6-7,10,12-13H2,(H,21,24)/t14-,15-/m1/s1. The van der Waals surface area contributed by atoms with Crippen molar-refractivity contribution in [3.63, 3.8) is 0 Å². The molecule has 2 aromatic heterocycles. The highest BCUT2D eigenvalue weighted by Gasteiger charge is 2.29. The molecule has 2 aliphatic rings. The fraction of sp³-hybridized carbons (Fsp3) is 0.500. The quantitative estimate of drug-likeness (QED) is 0.931. The molecule has 0 unspecified atom stereocenters. The molecule has 4 heterocycles. The van der Waals surface area contributed by atoms with Crippen LogP contribution in [0.1, 0.15) is 25.1 Å². The number of hydrogen-bond acceptors (Lipinski definition) is 4. The molecular weight excluding hydrogens is 302 g/mol. The molecule has 6 heteroatoms. The van der Waals surface area contributed by atoms with Gasteiger partial charge in [0.15, 0.2) is 0 Å². The minimum Gasteiger partial charge on any atom is -0.356 e. The van der Waals surface area contributed by atoms with Gasteiger partial charge in [0.1, 0.15) is 11.6 Å². The van der Waals surface area contributed by atoms with Crippen LogP contribution in [0.4, 0.5) is 5.82 Å². The smallest absolute Gasteiger partial charge is 0.225 e. The summed E-state index contributed by atoms with van der Waals surface area (Å²) >= 11 is 0. The van der Waals surface area contributed by atoms with Crippen molar-refractivity contribution in [1.82, 2.24) is 19.9 Å². The summed E-state index contributed by atoms with van der Waals surface area (Å²) in [6.45, 7) is 2.56. The number of amides is 1. The number of pyridine rings is 1. The summed E-state index contributed by atoms with van der Waals surface area (Å²) in [7, 11) is 0. The molecule has 1 saturated heterocycles. The minimum absolute atomic E-state index is 0.0462. The molecule has 1 fully saturated rings. The summed E-state index contributed by atoms with van der Waals surface area (Å²) in [5, 5.41) is 3.26. The molecule has 0 bridgehead atoms. The van der Waals surface area contributed by atoms with Gasteiger partial charge in [-0.25, -0.2) is 9.97 Å². The molecule has 2 atom stereocenters. The second-order valence-corrected chi connectivity index (χ2v) is 6.71. The Morgan fingerprint density at radius 1 is 1.17 bits per heavy atom. The number of hydrogen-bond donors (Lipinski definition) is 1. The molecule has 1 N–H and O–H groups in total. The summed E-state index contributed by atoms with van der Waals surface area (Å²) < 4.78 is 2.15. The molecule has 0 aliphatic carbocycles. The lowest BCUT2D eigenvalue weighted by Crippen LogP contribution is -2.48. The van der Waals surface area contributed by atoms with Crippen molar-refractivity contribution < 1.29 is 4.79 Å². The van der Waals surface area contributed by atoms with Gasteiger partial charge in [0.05, 0.1) is 5.92 Å². The Kier molecular flexibility index (Phi) is 4.19. The Hall–Kier alpha value is -2.37. The third-order valence-corrected chi connectivity index (χ3v) is 5.05. The second kappa shape index (κ2) is 6.63. The zero-order chi connectivity index (χ0) is 16.4. The maximum Gasteiger partial charge on any atom is 0.225 e. The zero-order valence-electron chi connectivity index (χ0n) is 13.8. The zero-order valence-corrected chi connectivity index (χ0v) is 13.8. The molecule has 1 amide bonds. The number of carbonyl (C=O) groups excluding carboxylic acids is 1. The summed E-state index contributed by atoms with van der Waals surface area (Å²) in [5.41, 5.74) is 0. The number of nitrogens with one attached hydrogen (secondary N) is 1. The summed E-state index contributed by atoms with van der Waals surface area (Å²) in [5.74, 6) is 2.32. The van der Waals surface area contributed by atoms with Crippen LogP contribution in [0.2, 0.25) is 0 Å². The number of aryl methyl sites for hydroxylation is 1. The maximum absolute atomic E-state index is 12.7. The van der Waals surface area contributed by atoms with Gasteiger partial charge in [-0.3, -0.25) is 4.79 Å². The van der Waals surface area contributed by atoms with Crippen molar-refractivity contribution in [1.29, 1.82) is 0 Å². The summed E-state index contributed by atoms with van der Waals surface area (Å²) in [6.07, 6.45) is 9.54. The Labute approximate surface area is 141 Å². The first-order chi connectivity index (χ1) is 11.8. The van der Waals surface area contributed by atoms with Crippen LogP contribution in [0.3, 0.4) is 0 Å². The molecule has 4 rings (SSSR count). The lowest BCUT2D eigenvalue weighted by atomic mass is 9.96. The van der Waals surface area contributed by atoms with E-state index in [1.54, 1.807) is 0 Å². The third kappa shape index (κ3) is 3.13. The van der Waals surface area contributed by atoms with E-state index in [9.17, 15) is 4.79 Å². The van der Waals surface area contributed by atoms with Crippen molar-refractivity contribution in [2.24, 2.45) is 5.92 Å². The first kappa shape index (κ1) is 15.2.